The summed E-state index contributed by atoms with van der Waals surface area (Å²) in [5.74, 6) is 0. The van der Waals surface area contributed by atoms with Crippen LogP contribution in [0.3, 0.4) is 0 Å². The van der Waals surface area contributed by atoms with Crippen LogP contribution in [0.1, 0.15) is 11.1 Å². The summed E-state index contributed by atoms with van der Waals surface area (Å²) in [6.07, 6.45) is 0. The summed E-state index contributed by atoms with van der Waals surface area (Å²) < 4.78 is 27.3. The maximum absolute atomic E-state index is 12.4. The SMILES string of the molecule is Cc1ccc(N)cc1NS(=O)(=O)c1cc(C#N)ccc1Cl. The van der Waals surface area contributed by atoms with Gasteiger partial charge in [0.2, 0.25) is 0 Å². The number of hydrogen-bond donors (Lipinski definition) is 2. The summed E-state index contributed by atoms with van der Waals surface area (Å²) in [5.41, 5.74) is 7.40. The van der Waals surface area contributed by atoms with Crippen LogP contribution in [0.5, 0.6) is 0 Å². The molecule has 0 atom stereocenters. The third-order valence-electron chi connectivity index (χ3n) is 2.86. The van der Waals surface area contributed by atoms with Crippen molar-refractivity contribution in [3.63, 3.8) is 0 Å². The molecule has 0 radical (unpaired) electrons. The van der Waals surface area contributed by atoms with Crippen LogP contribution in [0.15, 0.2) is 41.3 Å². The molecule has 0 heterocycles. The van der Waals surface area contributed by atoms with Gasteiger partial charge in [0.1, 0.15) is 4.90 Å². The molecule has 0 spiro atoms. The van der Waals surface area contributed by atoms with Crippen LogP contribution in [0.2, 0.25) is 5.02 Å². The van der Waals surface area contributed by atoms with E-state index in [2.05, 4.69) is 4.72 Å². The smallest absolute Gasteiger partial charge is 0.263 e. The number of anilines is 2. The van der Waals surface area contributed by atoms with Gasteiger partial charge in [-0.25, -0.2) is 8.42 Å². The van der Waals surface area contributed by atoms with Crippen LogP contribution in [0, 0.1) is 18.3 Å². The third kappa shape index (κ3) is 3.27. The second-order valence-corrected chi connectivity index (χ2v) is 6.49. The molecule has 108 valence electrons. The third-order valence-corrected chi connectivity index (χ3v) is 4.70. The Balaban J connectivity index is 2.48. The van der Waals surface area contributed by atoms with Crippen molar-refractivity contribution in [1.82, 2.24) is 0 Å². The van der Waals surface area contributed by atoms with Crippen molar-refractivity contribution < 1.29 is 8.42 Å². The standard InChI is InChI=1S/C14H12ClN3O2S/c1-9-2-4-11(17)7-13(9)18-21(19,20)14-6-10(8-16)3-5-12(14)15/h2-7,18H,17H2,1H3. The molecule has 0 saturated carbocycles. The zero-order valence-corrected chi connectivity index (χ0v) is 12.7. The fourth-order valence-corrected chi connectivity index (χ4v) is 3.38. The van der Waals surface area contributed by atoms with Crippen molar-refractivity contribution >= 4 is 33.0 Å². The van der Waals surface area contributed by atoms with E-state index in [4.69, 9.17) is 22.6 Å². The Bertz CT molecular complexity index is 842. The Hall–Kier alpha value is -2.23. The highest BCUT2D eigenvalue weighted by Crippen LogP contribution is 2.27. The molecule has 0 aromatic heterocycles. The number of aryl methyl sites for hydroxylation is 1. The van der Waals surface area contributed by atoms with Gasteiger partial charge < -0.3 is 5.73 Å². The molecule has 0 fully saturated rings. The van der Waals surface area contributed by atoms with Gasteiger partial charge >= 0.3 is 0 Å². The van der Waals surface area contributed by atoms with Crippen molar-refractivity contribution in [1.29, 1.82) is 5.26 Å². The second-order valence-electron chi connectivity index (χ2n) is 4.44. The lowest BCUT2D eigenvalue weighted by Crippen LogP contribution is -2.14. The fourth-order valence-electron chi connectivity index (χ4n) is 1.73. The minimum absolute atomic E-state index is 0.0445. The average molecular weight is 322 g/mol. The maximum atomic E-state index is 12.4. The molecule has 0 unspecified atom stereocenters. The van der Waals surface area contributed by atoms with E-state index in [-0.39, 0.29) is 15.5 Å². The van der Waals surface area contributed by atoms with Gasteiger partial charge in [0.15, 0.2) is 0 Å². The molecule has 0 saturated heterocycles. The lowest BCUT2D eigenvalue weighted by molar-refractivity contribution is 0.601. The molecule has 21 heavy (non-hydrogen) atoms. The van der Waals surface area contributed by atoms with E-state index in [1.54, 1.807) is 19.1 Å². The predicted molar refractivity (Wildman–Crippen MR) is 82.6 cm³/mol. The summed E-state index contributed by atoms with van der Waals surface area (Å²) >= 11 is 5.92. The van der Waals surface area contributed by atoms with E-state index in [1.807, 2.05) is 6.07 Å². The molecule has 7 heteroatoms. The van der Waals surface area contributed by atoms with Gasteiger partial charge in [-0.05, 0) is 42.8 Å². The Morgan fingerprint density at radius 3 is 2.62 bits per heavy atom. The minimum atomic E-state index is -3.90. The molecule has 0 aliphatic carbocycles. The fraction of sp³-hybridized carbons (Fsp3) is 0.0714. The molecule has 0 aliphatic rings. The number of nitrogen functional groups attached to an aromatic ring is 1. The largest absolute Gasteiger partial charge is 0.399 e. The molecular weight excluding hydrogens is 310 g/mol. The number of hydrogen-bond acceptors (Lipinski definition) is 4. The lowest BCUT2D eigenvalue weighted by Gasteiger charge is -2.12. The molecule has 0 bridgehead atoms. The number of halogens is 1. The summed E-state index contributed by atoms with van der Waals surface area (Å²) in [7, 11) is -3.90. The highest BCUT2D eigenvalue weighted by Gasteiger charge is 2.19. The molecule has 5 nitrogen and oxygen atoms in total. The van der Waals surface area contributed by atoms with Crippen molar-refractivity contribution in [3.8, 4) is 6.07 Å². The molecular formula is C14H12ClN3O2S. The van der Waals surface area contributed by atoms with E-state index in [0.717, 1.165) is 5.56 Å². The Morgan fingerprint density at radius 2 is 1.95 bits per heavy atom. The van der Waals surface area contributed by atoms with Crippen LogP contribution in [0.4, 0.5) is 11.4 Å². The van der Waals surface area contributed by atoms with Crippen LogP contribution < -0.4 is 10.5 Å². The van der Waals surface area contributed by atoms with E-state index < -0.39 is 10.0 Å². The topological polar surface area (TPSA) is 96.0 Å². The van der Waals surface area contributed by atoms with Crippen LogP contribution >= 0.6 is 11.6 Å². The highest BCUT2D eigenvalue weighted by molar-refractivity contribution is 7.92. The number of benzene rings is 2. The van der Waals surface area contributed by atoms with Gasteiger partial charge in [-0.15, -0.1) is 0 Å². The normalized spacial score (nSPS) is 10.9. The molecule has 2 rings (SSSR count). The number of sulfonamides is 1. The zero-order valence-electron chi connectivity index (χ0n) is 11.1. The number of nitrogens with zero attached hydrogens (tertiary/aromatic N) is 1. The molecule has 0 amide bonds. The van der Waals surface area contributed by atoms with Gasteiger partial charge in [-0.1, -0.05) is 17.7 Å². The van der Waals surface area contributed by atoms with Crippen molar-refractivity contribution in [2.45, 2.75) is 11.8 Å². The predicted octanol–water partition coefficient (Wildman–Crippen LogP) is 2.90. The first-order valence-electron chi connectivity index (χ1n) is 5.92. The Morgan fingerprint density at radius 1 is 1.24 bits per heavy atom. The van der Waals surface area contributed by atoms with Gasteiger partial charge in [0.25, 0.3) is 10.0 Å². The monoisotopic (exact) mass is 321 g/mol. The first kappa shape index (κ1) is 15.2. The summed E-state index contributed by atoms with van der Waals surface area (Å²) in [6.45, 7) is 1.75. The average Bonchev–Trinajstić information content (AvgIpc) is 2.43. The van der Waals surface area contributed by atoms with Crippen molar-refractivity contribution in [2.75, 3.05) is 10.5 Å². The van der Waals surface area contributed by atoms with Gasteiger partial charge in [-0.3, -0.25) is 4.72 Å². The van der Waals surface area contributed by atoms with Crippen LogP contribution in [-0.4, -0.2) is 8.42 Å². The number of nitrogens with two attached hydrogens (primary N) is 1. The van der Waals surface area contributed by atoms with Crippen molar-refractivity contribution in [2.24, 2.45) is 0 Å². The van der Waals surface area contributed by atoms with Crippen LogP contribution in [0.25, 0.3) is 0 Å². The molecule has 2 aromatic carbocycles. The summed E-state index contributed by atoms with van der Waals surface area (Å²) in [4.78, 5) is -0.148. The maximum Gasteiger partial charge on any atom is 0.263 e. The van der Waals surface area contributed by atoms with Gasteiger partial charge in [0.05, 0.1) is 22.3 Å². The Kier molecular flexibility index (Phi) is 4.07. The van der Waals surface area contributed by atoms with Gasteiger partial charge in [0, 0.05) is 5.69 Å². The van der Waals surface area contributed by atoms with E-state index >= 15 is 0 Å². The number of nitrogens with one attached hydrogen (secondary N) is 1. The number of nitriles is 1. The van der Waals surface area contributed by atoms with E-state index in [1.165, 1.54) is 24.3 Å². The first-order valence-corrected chi connectivity index (χ1v) is 7.78. The van der Waals surface area contributed by atoms with Crippen LogP contribution in [-0.2, 0) is 10.0 Å². The van der Waals surface area contributed by atoms with Crippen molar-refractivity contribution in [3.05, 3.63) is 52.5 Å². The van der Waals surface area contributed by atoms with E-state index in [0.29, 0.717) is 11.4 Å². The molecule has 3 N–H and O–H groups in total. The summed E-state index contributed by atoms with van der Waals surface area (Å²) in [6, 6.07) is 10.8. The first-order chi connectivity index (χ1) is 9.83. The highest BCUT2D eigenvalue weighted by atomic mass is 35.5. The number of rotatable bonds is 3. The molecule has 2 aromatic rings. The Labute approximate surface area is 128 Å². The minimum Gasteiger partial charge on any atom is -0.399 e. The van der Waals surface area contributed by atoms with Gasteiger partial charge in [-0.2, -0.15) is 5.26 Å². The second kappa shape index (κ2) is 5.64. The quantitative estimate of drug-likeness (QED) is 0.849. The zero-order chi connectivity index (χ0) is 15.6. The summed E-state index contributed by atoms with van der Waals surface area (Å²) in [5, 5.41) is 8.91. The van der Waals surface area contributed by atoms with E-state index in [9.17, 15) is 8.42 Å². The lowest BCUT2D eigenvalue weighted by atomic mass is 10.2. The molecule has 0 aliphatic heterocycles.